The van der Waals surface area contributed by atoms with Crippen LogP contribution in [0.5, 0.6) is 5.75 Å². The molecule has 1 fully saturated rings. The zero-order valence-corrected chi connectivity index (χ0v) is 15.6. The van der Waals surface area contributed by atoms with E-state index in [2.05, 4.69) is 5.32 Å². The summed E-state index contributed by atoms with van der Waals surface area (Å²) < 4.78 is 5.97. The number of amides is 1. The largest absolute Gasteiger partial charge is 0.490 e. The molecule has 0 saturated heterocycles. The van der Waals surface area contributed by atoms with Crippen LogP contribution in [0.2, 0.25) is 5.02 Å². The van der Waals surface area contributed by atoms with Gasteiger partial charge in [0.2, 0.25) is 0 Å². The molecule has 0 unspecified atom stereocenters. The molecular formula is C21H21ClN2O3. The summed E-state index contributed by atoms with van der Waals surface area (Å²) in [5, 5.41) is 21.4. The first-order chi connectivity index (χ1) is 13.1. The van der Waals surface area contributed by atoms with Gasteiger partial charge in [-0.2, -0.15) is 5.26 Å². The van der Waals surface area contributed by atoms with E-state index in [4.69, 9.17) is 26.7 Å². The lowest BCUT2D eigenvalue weighted by molar-refractivity contribution is 0.0894. The van der Waals surface area contributed by atoms with Gasteiger partial charge in [-0.25, -0.2) is 0 Å². The minimum atomic E-state index is -0.0947. The van der Waals surface area contributed by atoms with Crippen molar-refractivity contribution in [2.75, 3.05) is 0 Å². The van der Waals surface area contributed by atoms with Gasteiger partial charge in [0.25, 0.3) is 5.91 Å². The summed E-state index contributed by atoms with van der Waals surface area (Å²) in [5.41, 5.74) is 1.81. The third-order valence-electron chi connectivity index (χ3n) is 4.77. The molecule has 0 heterocycles. The maximum absolute atomic E-state index is 12.3. The fraction of sp³-hybridized carbons (Fsp3) is 0.333. The second kappa shape index (κ2) is 8.90. The Morgan fingerprint density at radius 1 is 1.19 bits per heavy atom. The fourth-order valence-electron chi connectivity index (χ4n) is 3.21. The highest BCUT2D eigenvalue weighted by molar-refractivity contribution is 6.31. The average molecular weight is 385 g/mol. The van der Waals surface area contributed by atoms with Crippen molar-refractivity contribution in [1.82, 2.24) is 5.32 Å². The maximum Gasteiger partial charge on any atom is 0.251 e. The first kappa shape index (κ1) is 19.2. The molecule has 0 aliphatic heterocycles. The van der Waals surface area contributed by atoms with E-state index in [1.165, 1.54) is 0 Å². The van der Waals surface area contributed by atoms with Gasteiger partial charge in [-0.05, 0) is 55.5 Å². The van der Waals surface area contributed by atoms with Crippen LogP contribution in [0.3, 0.4) is 0 Å². The highest BCUT2D eigenvalue weighted by atomic mass is 35.5. The molecule has 1 aliphatic carbocycles. The third kappa shape index (κ3) is 5.00. The molecule has 2 aromatic carbocycles. The van der Waals surface area contributed by atoms with Crippen molar-refractivity contribution < 1.29 is 14.6 Å². The summed E-state index contributed by atoms with van der Waals surface area (Å²) in [6.07, 6.45) is 3.44. The molecular weight excluding hydrogens is 364 g/mol. The van der Waals surface area contributed by atoms with Crippen LogP contribution in [0.15, 0.2) is 42.5 Å². The number of benzene rings is 2. The molecule has 140 valence electrons. The zero-order valence-electron chi connectivity index (χ0n) is 14.8. The Morgan fingerprint density at radius 3 is 2.48 bits per heavy atom. The molecule has 3 rings (SSSR count). The lowest BCUT2D eigenvalue weighted by atomic mass is 9.92. The van der Waals surface area contributed by atoms with E-state index >= 15 is 0 Å². The lowest BCUT2D eigenvalue weighted by Gasteiger charge is -2.29. The molecule has 2 aromatic rings. The quantitative estimate of drug-likeness (QED) is 0.820. The van der Waals surface area contributed by atoms with Crippen molar-refractivity contribution >= 4 is 17.5 Å². The van der Waals surface area contributed by atoms with Crippen molar-refractivity contribution in [2.45, 2.75) is 44.4 Å². The molecule has 0 atom stereocenters. The Kier molecular flexibility index (Phi) is 6.33. The fourth-order valence-corrected chi connectivity index (χ4v) is 3.42. The molecule has 0 spiro atoms. The topological polar surface area (TPSA) is 82.3 Å². The molecule has 2 N–H and O–H groups in total. The van der Waals surface area contributed by atoms with Gasteiger partial charge < -0.3 is 15.2 Å². The summed E-state index contributed by atoms with van der Waals surface area (Å²) in [7, 11) is 0. The number of hydrogen-bond donors (Lipinski definition) is 2. The molecule has 0 bridgehead atoms. The second-order valence-corrected chi connectivity index (χ2v) is 7.08. The van der Waals surface area contributed by atoms with E-state index in [-0.39, 0.29) is 24.7 Å². The van der Waals surface area contributed by atoms with Gasteiger partial charge in [0.05, 0.1) is 23.3 Å². The highest BCUT2D eigenvalue weighted by Crippen LogP contribution is 2.27. The van der Waals surface area contributed by atoms with E-state index in [1.54, 1.807) is 42.5 Å². The number of halogens is 1. The number of hydrogen-bond acceptors (Lipinski definition) is 4. The summed E-state index contributed by atoms with van der Waals surface area (Å²) in [4.78, 5) is 12.3. The minimum Gasteiger partial charge on any atom is -0.490 e. The number of nitrogens with zero attached hydrogens (tertiary/aromatic N) is 1. The Hall–Kier alpha value is -2.55. The first-order valence-corrected chi connectivity index (χ1v) is 9.34. The van der Waals surface area contributed by atoms with Crippen molar-refractivity contribution in [3.8, 4) is 11.8 Å². The summed E-state index contributed by atoms with van der Waals surface area (Å²) >= 11 is 6.04. The van der Waals surface area contributed by atoms with E-state index < -0.39 is 0 Å². The zero-order chi connectivity index (χ0) is 19.2. The van der Waals surface area contributed by atoms with Crippen LogP contribution in [0.1, 0.15) is 47.2 Å². The number of aliphatic hydroxyl groups is 1. The van der Waals surface area contributed by atoms with Crippen molar-refractivity contribution in [1.29, 1.82) is 5.26 Å². The number of carbonyl (C=O) groups excluding carboxylic acids is 1. The number of aliphatic hydroxyl groups excluding tert-OH is 1. The van der Waals surface area contributed by atoms with E-state index in [9.17, 15) is 4.79 Å². The summed E-state index contributed by atoms with van der Waals surface area (Å²) in [6, 6.07) is 14.2. The van der Waals surface area contributed by atoms with Crippen LogP contribution in [0.4, 0.5) is 0 Å². The molecule has 0 radical (unpaired) electrons. The van der Waals surface area contributed by atoms with Crippen LogP contribution in [0.25, 0.3) is 0 Å². The number of nitriles is 1. The van der Waals surface area contributed by atoms with E-state index in [0.717, 1.165) is 31.2 Å². The van der Waals surface area contributed by atoms with E-state index in [1.807, 2.05) is 6.07 Å². The SMILES string of the molecule is N#Cc1ccc(O[C@H]2CC[C@H](NC(=O)c3ccc(CO)cc3)CC2)cc1Cl. The van der Waals surface area contributed by atoms with Crippen LogP contribution in [0, 0.1) is 11.3 Å². The predicted molar refractivity (Wildman–Crippen MR) is 103 cm³/mol. The molecule has 1 saturated carbocycles. The van der Waals surface area contributed by atoms with Crippen molar-refractivity contribution in [3.05, 3.63) is 64.2 Å². The monoisotopic (exact) mass is 384 g/mol. The molecule has 1 aliphatic rings. The van der Waals surface area contributed by atoms with Gasteiger partial charge >= 0.3 is 0 Å². The van der Waals surface area contributed by atoms with Gasteiger partial charge in [-0.1, -0.05) is 23.7 Å². The van der Waals surface area contributed by atoms with Gasteiger partial charge in [-0.15, -0.1) is 0 Å². The molecule has 1 amide bonds. The van der Waals surface area contributed by atoms with Crippen molar-refractivity contribution in [3.63, 3.8) is 0 Å². The first-order valence-electron chi connectivity index (χ1n) is 8.96. The van der Waals surface area contributed by atoms with Crippen LogP contribution >= 0.6 is 11.6 Å². The molecule has 27 heavy (non-hydrogen) atoms. The van der Waals surface area contributed by atoms with Gasteiger partial charge in [0.15, 0.2) is 0 Å². The Labute approximate surface area is 163 Å². The Bertz CT molecular complexity index is 837. The Balaban J connectivity index is 1.49. The second-order valence-electron chi connectivity index (χ2n) is 6.67. The maximum atomic E-state index is 12.3. The van der Waals surface area contributed by atoms with Gasteiger partial charge in [0.1, 0.15) is 11.8 Å². The number of ether oxygens (including phenoxy) is 1. The van der Waals surface area contributed by atoms with Gasteiger partial charge in [0, 0.05) is 17.7 Å². The summed E-state index contributed by atoms with van der Waals surface area (Å²) in [5.74, 6) is 0.568. The van der Waals surface area contributed by atoms with Crippen LogP contribution in [-0.4, -0.2) is 23.2 Å². The smallest absolute Gasteiger partial charge is 0.251 e. The number of carbonyl (C=O) groups is 1. The van der Waals surface area contributed by atoms with Crippen molar-refractivity contribution in [2.24, 2.45) is 0 Å². The molecule has 5 nitrogen and oxygen atoms in total. The molecule has 6 heteroatoms. The highest BCUT2D eigenvalue weighted by Gasteiger charge is 2.24. The molecule has 0 aromatic heterocycles. The summed E-state index contributed by atoms with van der Waals surface area (Å²) in [6.45, 7) is -0.0314. The predicted octanol–water partition coefficient (Wildman–Crippen LogP) is 3.82. The standard InChI is InChI=1S/C21H21ClN2O3/c22-20-11-19(8-5-16(20)12-23)27-18-9-6-17(7-10-18)24-21(26)15-3-1-14(13-25)2-4-15/h1-5,8,11,17-18,25H,6-7,9-10,13H2,(H,24,26)/t17-,18-. The van der Waals surface area contributed by atoms with E-state index in [0.29, 0.717) is 21.9 Å². The Morgan fingerprint density at radius 2 is 1.89 bits per heavy atom. The minimum absolute atomic E-state index is 0.0314. The number of nitrogens with one attached hydrogen (secondary N) is 1. The van der Waals surface area contributed by atoms with Crippen LogP contribution in [-0.2, 0) is 6.61 Å². The van der Waals surface area contributed by atoms with Gasteiger partial charge in [-0.3, -0.25) is 4.79 Å². The van der Waals surface area contributed by atoms with Crippen LogP contribution < -0.4 is 10.1 Å². The normalized spacial score (nSPS) is 19.1. The average Bonchev–Trinajstić information content (AvgIpc) is 2.69. The third-order valence-corrected chi connectivity index (χ3v) is 5.08. The lowest BCUT2D eigenvalue weighted by Crippen LogP contribution is -2.39. The number of rotatable bonds is 5.